The summed E-state index contributed by atoms with van der Waals surface area (Å²) in [4.78, 5) is -0.667. The number of alkyl halides is 10. The van der Waals surface area contributed by atoms with Crippen LogP contribution in [0.4, 0.5) is 43.9 Å². The molecule has 0 radical (unpaired) electrons. The fourth-order valence-corrected chi connectivity index (χ4v) is 1.12. The van der Waals surface area contributed by atoms with Crippen LogP contribution in [0.25, 0.3) is 0 Å². The Kier molecular flexibility index (Phi) is 5.60. The van der Waals surface area contributed by atoms with E-state index in [1.165, 1.54) is 0 Å². The Bertz CT molecular complexity index is 332. The molecule has 0 aromatic rings. The van der Waals surface area contributed by atoms with Crippen LogP contribution in [-0.2, 0) is 0 Å². The molecule has 0 aliphatic heterocycles. The summed E-state index contributed by atoms with van der Waals surface area (Å²) in [6.45, 7) is -4.99. The third-order valence-electron chi connectivity index (χ3n) is 1.88. The van der Waals surface area contributed by atoms with Crippen LogP contribution in [0.5, 0.6) is 0 Å². The molecule has 0 aromatic carbocycles. The summed E-state index contributed by atoms with van der Waals surface area (Å²) in [6.07, 6.45) is -12.3. The highest BCUT2D eigenvalue weighted by molar-refractivity contribution is 8.10. The van der Waals surface area contributed by atoms with E-state index in [9.17, 15) is 43.9 Å². The monoisotopic (exact) mass is 357 g/mol. The standard InChI is InChI=1S/C7H5F10NS2/c8-4(9,6(12,13)14)1-18(3(19)20)2-5(10,11)7(15,16)17/h1-2H2,(H,19,20). The van der Waals surface area contributed by atoms with Crippen molar-refractivity contribution in [2.24, 2.45) is 0 Å². The highest BCUT2D eigenvalue weighted by Crippen LogP contribution is 2.39. The molecule has 0 amide bonds. The molecular formula is C7H5F10NS2. The predicted octanol–water partition coefficient (Wildman–Crippen LogP) is 3.90. The summed E-state index contributed by atoms with van der Waals surface area (Å²) in [5.41, 5.74) is 0. The van der Waals surface area contributed by atoms with E-state index < -0.39 is 46.5 Å². The van der Waals surface area contributed by atoms with Gasteiger partial charge in [0.25, 0.3) is 0 Å². The fourth-order valence-electron chi connectivity index (χ4n) is 0.850. The Balaban J connectivity index is 5.18. The molecule has 0 N–H and O–H groups in total. The Morgan fingerprint density at radius 3 is 1.15 bits per heavy atom. The van der Waals surface area contributed by atoms with Crippen LogP contribution >= 0.6 is 24.8 Å². The Morgan fingerprint density at radius 1 is 0.750 bits per heavy atom. The van der Waals surface area contributed by atoms with Crippen LogP contribution in [0, 0.1) is 0 Å². The SMILES string of the molecule is FC(F)(F)C(F)(F)CN(CC(F)(F)C(F)(F)F)C(=S)S. The van der Waals surface area contributed by atoms with Crippen molar-refractivity contribution in [3.8, 4) is 0 Å². The zero-order valence-corrected chi connectivity index (χ0v) is 10.7. The number of hydrogen-bond acceptors (Lipinski definition) is 1. The van der Waals surface area contributed by atoms with Gasteiger partial charge in [-0.2, -0.15) is 43.9 Å². The van der Waals surface area contributed by atoms with Crippen molar-refractivity contribution < 1.29 is 43.9 Å². The highest BCUT2D eigenvalue weighted by Gasteiger charge is 2.62. The maximum absolute atomic E-state index is 12.6. The lowest BCUT2D eigenvalue weighted by Crippen LogP contribution is -2.53. The summed E-state index contributed by atoms with van der Waals surface area (Å²) in [5, 5.41) is 0. The molecule has 13 heteroatoms. The predicted molar refractivity (Wildman–Crippen MR) is 55.2 cm³/mol. The lowest BCUT2D eigenvalue weighted by atomic mass is 10.2. The average molecular weight is 357 g/mol. The Morgan fingerprint density at radius 2 is 1.00 bits per heavy atom. The van der Waals surface area contributed by atoms with Gasteiger partial charge in [-0.1, -0.05) is 12.2 Å². The first-order valence-corrected chi connectivity index (χ1v) is 5.24. The average Bonchev–Trinajstić information content (AvgIpc) is 2.11. The molecular weight excluding hydrogens is 352 g/mol. The number of halogens is 10. The van der Waals surface area contributed by atoms with Gasteiger partial charge in [0.2, 0.25) is 0 Å². The maximum Gasteiger partial charge on any atom is 0.455 e. The molecule has 0 aliphatic rings. The third-order valence-corrected chi connectivity index (χ3v) is 2.42. The quantitative estimate of drug-likeness (QED) is 0.462. The van der Waals surface area contributed by atoms with E-state index in [0.29, 0.717) is 0 Å². The first-order valence-electron chi connectivity index (χ1n) is 4.38. The lowest BCUT2D eigenvalue weighted by Gasteiger charge is -2.32. The summed E-state index contributed by atoms with van der Waals surface area (Å²) in [6, 6.07) is 0. The Labute approximate surface area is 116 Å². The number of nitrogens with zero attached hydrogens (tertiary/aromatic N) is 1. The summed E-state index contributed by atoms with van der Waals surface area (Å²) >= 11 is 7.05. The van der Waals surface area contributed by atoms with Crippen LogP contribution in [-0.4, -0.2) is 46.5 Å². The van der Waals surface area contributed by atoms with Crippen LogP contribution < -0.4 is 0 Å². The van der Waals surface area contributed by atoms with E-state index in [4.69, 9.17) is 0 Å². The van der Waals surface area contributed by atoms with Crippen LogP contribution in [0.3, 0.4) is 0 Å². The maximum atomic E-state index is 12.6. The van der Waals surface area contributed by atoms with Crippen LogP contribution in [0.15, 0.2) is 0 Å². The molecule has 0 heterocycles. The van der Waals surface area contributed by atoms with Crippen molar-refractivity contribution >= 4 is 29.2 Å². The third kappa shape index (κ3) is 4.82. The first kappa shape index (κ1) is 19.5. The molecule has 0 atom stereocenters. The molecule has 1 nitrogen and oxygen atoms in total. The molecule has 0 spiro atoms. The molecule has 0 aromatic heterocycles. The van der Waals surface area contributed by atoms with Crippen molar-refractivity contribution in [3.63, 3.8) is 0 Å². The minimum absolute atomic E-state index is 0.667. The normalized spacial score (nSPS) is 14.3. The van der Waals surface area contributed by atoms with E-state index in [1.54, 1.807) is 0 Å². The molecule has 0 fully saturated rings. The molecule has 20 heavy (non-hydrogen) atoms. The number of hydrogen-bond donors (Lipinski definition) is 1. The second-order valence-electron chi connectivity index (χ2n) is 3.54. The van der Waals surface area contributed by atoms with Crippen LogP contribution in [0.2, 0.25) is 0 Å². The van der Waals surface area contributed by atoms with Gasteiger partial charge in [0.05, 0.1) is 13.1 Å². The highest BCUT2D eigenvalue weighted by atomic mass is 32.1. The molecule has 0 saturated carbocycles. The molecule has 0 bridgehead atoms. The van der Waals surface area contributed by atoms with E-state index in [2.05, 4.69) is 24.8 Å². The number of rotatable bonds is 4. The van der Waals surface area contributed by atoms with Gasteiger partial charge >= 0.3 is 24.2 Å². The first-order chi connectivity index (χ1) is 8.51. The van der Waals surface area contributed by atoms with E-state index in [1.807, 2.05) is 0 Å². The molecule has 120 valence electrons. The fraction of sp³-hybridized carbons (Fsp3) is 0.857. The topological polar surface area (TPSA) is 3.24 Å². The van der Waals surface area contributed by atoms with Gasteiger partial charge in [0.1, 0.15) is 4.32 Å². The van der Waals surface area contributed by atoms with Crippen molar-refractivity contribution in [2.75, 3.05) is 13.1 Å². The van der Waals surface area contributed by atoms with Gasteiger partial charge in [0.15, 0.2) is 0 Å². The number of thiocarbonyl (C=S) groups is 1. The summed E-state index contributed by atoms with van der Waals surface area (Å²) in [5.74, 6) is -11.1. The van der Waals surface area contributed by atoms with Gasteiger partial charge in [-0.3, -0.25) is 0 Å². The molecule has 0 aliphatic carbocycles. The van der Waals surface area contributed by atoms with Crippen molar-refractivity contribution in [3.05, 3.63) is 0 Å². The second kappa shape index (κ2) is 5.73. The van der Waals surface area contributed by atoms with Crippen molar-refractivity contribution in [1.82, 2.24) is 4.90 Å². The minimum Gasteiger partial charge on any atom is -0.345 e. The van der Waals surface area contributed by atoms with Gasteiger partial charge in [-0.05, 0) is 0 Å². The molecule has 0 saturated heterocycles. The minimum atomic E-state index is -6.13. The van der Waals surface area contributed by atoms with E-state index >= 15 is 0 Å². The zero-order chi connectivity index (χ0) is 16.6. The van der Waals surface area contributed by atoms with Gasteiger partial charge in [-0.15, -0.1) is 12.6 Å². The van der Waals surface area contributed by atoms with Crippen molar-refractivity contribution in [1.29, 1.82) is 0 Å². The van der Waals surface area contributed by atoms with E-state index in [0.717, 1.165) is 0 Å². The van der Waals surface area contributed by atoms with Gasteiger partial charge in [-0.25, -0.2) is 0 Å². The summed E-state index contributed by atoms with van der Waals surface area (Å²) < 4.78 is 120. The van der Waals surface area contributed by atoms with Gasteiger partial charge < -0.3 is 4.90 Å². The van der Waals surface area contributed by atoms with E-state index in [-0.39, 0.29) is 0 Å². The molecule has 0 rings (SSSR count). The molecule has 0 unspecified atom stereocenters. The lowest BCUT2D eigenvalue weighted by molar-refractivity contribution is -0.298. The second-order valence-corrected chi connectivity index (χ2v) is 4.66. The summed E-state index contributed by atoms with van der Waals surface area (Å²) in [7, 11) is 0. The van der Waals surface area contributed by atoms with Crippen LogP contribution in [0.1, 0.15) is 0 Å². The number of thiol groups is 1. The smallest absolute Gasteiger partial charge is 0.345 e. The Hall–Kier alpha value is -0.460. The zero-order valence-electron chi connectivity index (χ0n) is 9.00. The van der Waals surface area contributed by atoms with Crippen molar-refractivity contribution in [2.45, 2.75) is 24.2 Å². The van der Waals surface area contributed by atoms with Gasteiger partial charge in [0, 0.05) is 0 Å². The largest absolute Gasteiger partial charge is 0.455 e.